The molecule has 0 radical (unpaired) electrons. The standard InChI is InChI=1S/C15H21N3O2/c1-2-15(4-3-5-15)9-17-11-7-12-13(6-10(11)16)20-8-14(19)18-12/h6-7,17H,2-5,8-9,16H2,1H3,(H,18,19). The molecule has 1 aliphatic carbocycles. The van der Waals surface area contributed by atoms with Crippen molar-refractivity contribution in [2.24, 2.45) is 5.41 Å². The number of rotatable bonds is 4. The third kappa shape index (κ3) is 2.28. The summed E-state index contributed by atoms with van der Waals surface area (Å²) in [4.78, 5) is 11.4. The van der Waals surface area contributed by atoms with Crippen LogP contribution in [0.25, 0.3) is 0 Å². The van der Waals surface area contributed by atoms with Crippen molar-refractivity contribution in [3.8, 4) is 5.75 Å². The van der Waals surface area contributed by atoms with Crippen LogP contribution in [0.15, 0.2) is 12.1 Å². The number of nitrogen functional groups attached to an aromatic ring is 1. The minimum atomic E-state index is -0.128. The number of ether oxygens (including phenoxy) is 1. The first-order chi connectivity index (χ1) is 9.62. The Morgan fingerprint density at radius 3 is 2.90 bits per heavy atom. The molecule has 1 saturated carbocycles. The Hall–Kier alpha value is -1.91. The van der Waals surface area contributed by atoms with Crippen molar-refractivity contribution in [3.63, 3.8) is 0 Å². The molecule has 2 aliphatic rings. The molecule has 0 spiro atoms. The summed E-state index contributed by atoms with van der Waals surface area (Å²) in [6, 6.07) is 3.64. The van der Waals surface area contributed by atoms with E-state index in [0.717, 1.165) is 12.2 Å². The second-order valence-corrected chi connectivity index (χ2v) is 5.83. The summed E-state index contributed by atoms with van der Waals surface area (Å²) in [5, 5.41) is 6.25. The fourth-order valence-corrected chi connectivity index (χ4v) is 2.91. The predicted molar refractivity (Wildman–Crippen MR) is 80.0 cm³/mol. The minimum Gasteiger partial charge on any atom is -0.482 e. The van der Waals surface area contributed by atoms with Gasteiger partial charge in [0.2, 0.25) is 0 Å². The van der Waals surface area contributed by atoms with Crippen LogP contribution in [0, 0.1) is 5.41 Å². The highest BCUT2D eigenvalue weighted by Crippen LogP contribution is 2.44. The fraction of sp³-hybridized carbons (Fsp3) is 0.533. The lowest BCUT2D eigenvalue weighted by atomic mass is 9.67. The molecule has 5 heteroatoms. The van der Waals surface area contributed by atoms with Gasteiger partial charge >= 0.3 is 0 Å². The maximum atomic E-state index is 11.4. The van der Waals surface area contributed by atoms with Gasteiger partial charge in [-0.3, -0.25) is 4.79 Å². The largest absolute Gasteiger partial charge is 0.482 e. The highest BCUT2D eigenvalue weighted by molar-refractivity contribution is 5.97. The van der Waals surface area contributed by atoms with Gasteiger partial charge in [-0.2, -0.15) is 0 Å². The molecule has 0 unspecified atom stereocenters. The fourth-order valence-electron chi connectivity index (χ4n) is 2.91. The van der Waals surface area contributed by atoms with Gasteiger partial charge in [0.05, 0.1) is 17.1 Å². The van der Waals surface area contributed by atoms with Crippen molar-refractivity contribution in [1.29, 1.82) is 0 Å². The van der Waals surface area contributed by atoms with Crippen molar-refractivity contribution < 1.29 is 9.53 Å². The van der Waals surface area contributed by atoms with Crippen LogP contribution in [0.2, 0.25) is 0 Å². The zero-order chi connectivity index (χ0) is 14.2. The van der Waals surface area contributed by atoms with Gasteiger partial charge in [0.1, 0.15) is 5.75 Å². The number of carbonyl (C=O) groups excluding carboxylic acids is 1. The average Bonchev–Trinajstić information content (AvgIpc) is 2.39. The Balaban J connectivity index is 1.76. The number of carbonyl (C=O) groups is 1. The van der Waals surface area contributed by atoms with E-state index in [1.54, 1.807) is 6.07 Å². The Kier molecular flexibility index (Phi) is 3.20. The first-order valence-corrected chi connectivity index (χ1v) is 7.22. The molecule has 0 bridgehead atoms. The minimum absolute atomic E-state index is 0.0537. The van der Waals surface area contributed by atoms with Crippen LogP contribution in [-0.4, -0.2) is 19.1 Å². The normalized spacial score (nSPS) is 19.4. The Morgan fingerprint density at radius 2 is 2.25 bits per heavy atom. The van der Waals surface area contributed by atoms with Crippen LogP contribution >= 0.6 is 0 Å². The van der Waals surface area contributed by atoms with Gasteiger partial charge in [0.25, 0.3) is 5.91 Å². The number of fused-ring (bicyclic) bond motifs is 1. The summed E-state index contributed by atoms with van der Waals surface area (Å²) in [5.74, 6) is 0.513. The molecular formula is C15H21N3O2. The molecule has 1 aromatic carbocycles. The van der Waals surface area contributed by atoms with E-state index in [9.17, 15) is 4.79 Å². The van der Waals surface area contributed by atoms with E-state index in [0.29, 0.717) is 22.5 Å². The smallest absolute Gasteiger partial charge is 0.262 e. The third-order valence-electron chi connectivity index (χ3n) is 4.60. The quantitative estimate of drug-likeness (QED) is 0.738. The van der Waals surface area contributed by atoms with E-state index in [4.69, 9.17) is 10.5 Å². The van der Waals surface area contributed by atoms with E-state index in [1.165, 1.54) is 25.7 Å². The Bertz CT molecular complexity index is 533. The zero-order valence-corrected chi connectivity index (χ0v) is 11.8. The van der Waals surface area contributed by atoms with Crippen LogP contribution in [0.4, 0.5) is 17.1 Å². The molecule has 1 fully saturated rings. The maximum Gasteiger partial charge on any atom is 0.262 e. The molecule has 5 nitrogen and oxygen atoms in total. The van der Waals surface area contributed by atoms with Gasteiger partial charge in [0.15, 0.2) is 6.61 Å². The summed E-state index contributed by atoms with van der Waals surface area (Å²) in [5.41, 5.74) is 8.69. The summed E-state index contributed by atoms with van der Waals surface area (Å²) in [6.07, 6.45) is 5.06. The lowest BCUT2D eigenvalue weighted by Crippen LogP contribution is -2.36. The molecule has 1 aromatic rings. The second kappa shape index (κ2) is 4.89. The van der Waals surface area contributed by atoms with E-state index >= 15 is 0 Å². The Labute approximate surface area is 118 Å². The van der Waals surface area contributed by atoms with Crippen LogP contribution in [0.5, 0.6) is 5.75 Å². The number of nitrogens with two attached hydrogens (primary N) is 1. The van der Waals surface area contributed by atoms with Crippen molar-refractivity contribution >= 4 is 23.0 Å². The summed E-state index contributed by atoms with van der Waals surface area (Å²) < 4.78 is 5.35. The van der Waals surface area contributed by atoms with Crippen molar-refractivity contribution in [3.05, 3.63) is 12.1 Å². The first-order valence-electron chi connectivity index (χ1n) is 7.22. The first kappa shape index (κ1) is 13.1. The van der Waals surface area contributed by atoms with E-state index in [1.807, 2.05) is 6.07 Å². The maximum absolute atomic E-state index is 11.4. The van der Waals surface area contributed by atoms with E-state index < -0.39 is 0 Å². The van der Waals surface area contributed by atoms with Gasteiger partial charge in [-0.1, -0.05) is 13.3 Å². The average molecular weight is 275 g/mol. The third-order valence-corrected chi connectivity index (χ3v) is 4.60. The van der Waals surface area contributed by atoms with Crippen molar-refractivity contribution in [2.75, 3.05) is 29.5 Å². The molecular weight excluding hydrogens is 254 g/mol. The van der Waals surface area contributed by atoms with Gasteiger partial charge < -0.3 is 21.1 Å². The molecule has 0 aromatic heterocycles. The number of hydrogen-bond acceptors (Lipinski definition) is 4. The lowest BCUT2D eigenvalue weighted by molar-refractivity contribution is -0.118. The molecule has 3 rings (SSSR count). The molecule has 0 saturated heterocycles. The number of hydrogen-bond donors (Lipinski definition) is 3. The van der Waals surface area contributed by atoms with Gasteiger partial charge in [-0.25, -0.2) is 0 Å². The van der Waals surface area contributed by atoms with Crippen LogP contribution in [-0.2, 0) is 4.79 Å². The molecule has 108 valence electrons. The SMILES string of the molecule is CCC1(CNc2cc3c(cc2N)OCC(=O)N3)CCC1. The number of anilines is 3. The second-order valence-electron chi connectivity index (χ2n) is 5.83. The van der Waals surface area contributed by atoms with Crippen molar-refractivity contribution in [1.82, 2.24) is 0 Å². The summed E-state index contributed by atoms with van der Waals surface area (Å²) >= 11 is 0. The summed E-state index contributed by atoms with van der Waals surface area (Å²) in [6.45, 7) is 3.23. The monoisotopic (exact) mass is 275 g/mol. The summed E-state index contributed by atoms with van der Waals surface area (Å²) in [7, 11) is 0. The lowest BCUT2D eigenvalue weighted by Gasteiger charge is -2.41. The predicted octanol–water partition coefficient (Wildman–Crippen LogP) is 2.59. The van der Waals surface area contributed by atoms with E-state index in [2.05, 4.69) is 17.6 Å². The number of benzene rings is 1. The molecule has 1 aliphatic heterocycles. The molecule has 1 amide bonds. The number of nitrogens with one attached hydrogen (secondary N) is 2. The molecule has 20 heavy (non-hydrogen) atoms. The van der Waals surface area contributed by atoms with Crippen LogP contribution in [0.1, 0.15) is 32.6 Å². The van der Waals surface area contributed by atoms with E-state index in [-0.39, 0.29) is 12.5 Å². The molecule has 1 heterocycles. The zero-order valence-electron chi connectivity index (χ0n) is 11.8. The van der Waals surface area contributed by atoms with Crippen molar-refractivity contribution in [2.45, 2.75) is 32.6 Å². The van der Waals surface area contributed by atoms with Gasteiger partial charge in [-0.05, 0) is 30.7 Å². The van der Waals surface area contributed by atoms with Crippen LogP contribution < -0.4 is 21.1 Å². The highest BCUT2D eigenvalue weighted by atomic mass is 16.5. The van der Waals surface area contributed by atoms with Gasteiger partial charge in [-0.15, -0.1) is 0 Å². The number of amides is 1. The van der Waals surface area contributed by atoms with Gasteiger partial charge in [0, 0.05) is 12.6 Å². The topological polar surface area (TPSA) is 76.4 Å². The Morgan fingerprint density at radius 1 is 1.45 bits per heavy atom. The molecule has 0 atom stereocenters. The highest BCUT2D eigenvalue weighted by Gasteiger charge is 2.34. The van der Waals surface area contributed by atoms with Crippen LogP contribution in [0.3, 0.4) is 0 Å². The molecule has 4 N–H and O–H groups in total.